The van der Waals surface area contributed by atoms with Crippen molar-refractivity contribution in [1.82, 2.24) is 20.2 Å². The molecule has 20 heavy (non-hydrogen) atoms. The molecule has 112 valence electrons. The largest absolute Gasteiger partial charge is 0.311 e. The molecule has 0 radical (unpaired) electrons. The monoisotopic (exact) mass is 276 g/mol. The van der Waals surface area contributed by atoms with Gasteiger partial charge in [0.2, 0.25) is 0 Å². The molecule has 1 aliphatic heterocycles. The second-order valence-corrected chi connectivity index (χ2v) is 5.81. The van der Waals surface area contributed by atoms with Gasteiger partial charge in [-0.05, 0) is 37.5 Å². The van der Waals surface area contributed by atoms with Crippen molar-refractivity contribution in [2.75, 3.05) is 26.2 Å². The molecule has 2 rings (SSSR count). The SMILES string of the molecule is CCN(CC)CCc1nc2c(c(C(C)C)n1)CCNC2. The molecule has 1 aromatic rings. The second kappa shape index (κ2) is 7.14. The van der Waals surface area contributed by atoms with Crippen molar-refractivity contribution in [1.29, 1.82) is 0 Å². The molecule has 0 spiro atoms. The molecule has 4 heteroatoms. The van der Waals surface area contributed by atoms with E-state index in [1.807, 2.05) is 0 Å². The first-order valence-corrected chi connectivity index (χ1v) is 7.97. The average Bonchev–Trinajstić information content (AvgIpc) is 2.47. The van der Waals surface area contributed by atoms with Crippen LogP contribution >= 0.6 is 0 Å². The maximum Gasteiger partial charge on any atom is 0.130 e. The highest BCUT2D eigenvalue weighted by atomic mass is 15.1. The fourth-order valence-electron chi connectivity index (χ4n) is 2.83. The van der Waals surface area contributed by atoms with Gasteiger partial charge in [0.1, 0.15) is 5.82 Å². The van der Waals surface area contributed by atoms with Gasteiger partial charge < -0.3 is 10.2 Å². The summed E-state index contributed by atoms with van der Waals surface area (Å²) >= 11 is 0. The Balaban J connectivity index is 2.19. The Morgan fingerprint density at radius 3 is 2.60 bits per heavy atom. The third-order valence-corrected chi connectivity index (χ3v) is 4.11. The smallest absolute Gasteiger partial charge is 0.130 e. The summed E-state index contributed by atoms with van der Waals surface area (Å²) in [5, 5.41) is 3.42. The summed E-state index contributed by atoms with van der Waals surface area (Å²) in [6, 6.07) is 0. The molecule has 0 atom stereocenters. The highest BCUT2D eigenvalue weighted by Gasteiger charge is 2.19. The van der Waals surface area contributed by atoms with E-state index in [-0.39, 0.29) is 0 Å². The van der Waals surface area contributed by atoms with Crippen molar-refractivity contribution in [2.24, 2.45) is 0 Å². The van der Waals surface area contributed by atoms with E-state index in [1.54, 1.807) is 0 Å². The van der Waals surface area contributed by atoms with E-state index in [0.717, 1.165) is 51.4 Å². The molecule has 0 amide bonds. The lowest BCUT2D eigenvalue weighted by Gasteiger charge is -2.22. The zero-order chi connectivity index (χ0) is 14.5. The van der Waals surface area contributed by atoms with Gasteiger partial charge >= 0.3 is 0 Å². The fraction of sp³-hybridized carbons (Fsp3) is 0.750. The minimum atomic E-state index is 0.483. The Morgan fingerprint density at radius 2 is 1.95 bits per heavy atom. The number of hydrogen-bond donors (Lipinski definition) is 1. The van der Waals surface area contributed by atoms with Crippen LogP contribution in [-0.2, 0) is 19.4 Å². The minimum Gasteiger partial charge on any atom is -0.311 e. The van der Waals surface area contributed by atoms with Crippen LogP contribution in [0.15, 0.2) is 0 Å². The highest BCUT2D eigenvalue weighted by Crippen LogP contribution is 2.22. The normalized spacial score (nSPS) is 14.9. The number of nitrogens with zero attached hydrogens (tertiary/aromatic N) is 3. The molecule has 0 saturated heterocycles. The van der Waals surface area contributed by atoms with E-state index in [9.17, 15) is 0 Å². The lowest BCUT2D eigenvalue weighted by atomic mass is 9.97. The van der Waals surface area contributed by atoms with Crippen LogP contribution in [-0.4, -0.2) is 41.0 Å². The third-order valence-electron chi connectivity index (χ3n) is 4.11. The fourth-order valence-corrected chi connectivity index (χ4v) is 2.83. The van der Waals surface area contributed by atoms with Gasteiger partial charge in [0.15, 0.2) is 0 Å². The Labute approximate surface area is 123 Å². The van der Waals surface area contributed by atoms with E-state index in [4.69, 9.17) is 9.97 Å². The summed E-state index contributed by atoms with van der Waals surface area (Å²) in [5.74, 6) is 1.50. The predicted octanol–water partition coefficient (Wildman–Crippen LogP) is 2.13. The Hall–Kier alpha value is -1.00. The molecular weight excluding hydrogens is 248 g/mol. The van der Waals surface area contributed by atoms with Gasteiger partial charge in [0.25, 0.3) is 0 Å². The number of rotatable bonds is 6. The van der Waals surface area contributed by atoms with Crippen molar-refractivity contribution >= 4 is 0 Å². The van der Waals surface area contributed by atoms with Crippen LogP contribution in [0.25, 0.3) is 0 Å². The van der Waals surface area contributed by atoms with Gasteiger partial charge in [-0.15, -0.1) is 0 Å². The lowest BCUT2D eigenvalue weighted by Crippen LogP contribution is -2.29. The van der Waals surface area contributed by atoms with Crippen LogP contribution in [0.1, 0.15) is 56.4 Å². The van der Waals surface area contributed by atoms with E-state index in [1.165, 1.54) is 17.0 Å². The van der Waals surface area contributed by atoms with Gasteiger partial charge in [-0.25, -0.2) is 9.97 Å². The molecule has 0 aromatic carbocycles. The van der Waals surface area contributed by atoms with Gasteiger partial charge in [0, 0.05) is 19.5 Å². The van der Waals surface area contributed by atoms with Gasteiger partial charge in [-0.2, -0.15) is 0 Å². The Bertz CT molecular complexity index is 438. The molecule has 0 aliphatic carbocycles. The standard InChI is InChI=1S/C16H28N4/c1-5-20(6-2)10-8-15-18-14-11-17-9-7-13(14)16(19-15)12(3)4/h12,17H,5-11H2,1-4H3. The molecule has 0 fully saturated rings. The summed E-state index contributed by atoms with van der Waals surface area (Å²) in [4.78, 5) is 12.1. The van der Waals surface area contributed by atoms with Crippen molar-refractivity contribution in [3.63, 3.8) is 0 Å². The maximum atomic E-state index is 4.86. The van der Waals surface area contributed by atoms with E-state index in [2.05, 4.69) is 37.9 Å². The van der Waals surface area contributed by atoms with Crippen LogP contribution < -0.4 is 5.32 Å². The Kier molecular flexibility index (Phi) is 5.49. The summed E-state index contributed by atoms with van der Waals surface area (Å²) in [6.45, 7) is 14.1. The topological polar surface area (TPSA) is 41.1 Å². The summed E-state index contributed by atoms with van der Waals surface area (Å²) < 4.78 is 0. The van der Waals surface area contributed by atoms with Crippen LogP contribution in [0, 0.1) is 0 Å². The molecule has 1 aliphatic rings. The molecule has 1 aromatic heterocycles. The second-order valence-electron chi connectivity index (χ2n) is 5.81. The third kappa shape index (κ3) is 3.55. The number of fused-ring (bicyclic) bond motifs is 1. The first-order chi connectivity index (χ1) is 9.65. The Morgan fingerprint density at radius 1 is 1.20 bits per heavy atom. The summed E-state index contributed by atoms with van der Waals surface area (Å²) in [5.41, 5.74) is 3.89. The first-order valence-electron chi connectivity index (χ1n) is 7.97. The molecule has 0 saturated carbocycles. The maximum absolute atomic E-state index is 4.86. The zero-order valence-corrected chi connectivity index (χ0v) is 13.4. The van der Waals surface area contributed by atoms with E-state index >= 15 is 0 Å². The predicted molar refractivity (Wildman–Crippen MR) is 83.0 cm³/mol. The van der Waals surface area contributed by atoms with Crippen LogP contribution in [0.4, 0.5) is 0 Å². The van der Waals surface area contributed by atoms with Gasteiger partial charge in [0.05, 0.1) is 11.4 Å². The molecule has 4 nitrogen and oxygen atoms in total. The van der Waals surface area contributed by atoms with Crippen molar-refractivity contribution in [3.05, 3.63) is 22.8 Å². The van der Waals surface area contributed by atoms with Gasteiger partial charge in [-0.1, -0.05) is 27.7 Å². The lowest BCUT2D eigenvalue weighted by molar-refractivity contribution is 0.305. The number of nitrogens with one attached hydrogen (secondary N) is 1. The van der Waals surface area contributed by atoms with Crippen molar-refractivity contribution < 1.29 is 0 Å². The number of hydrogen-bond acceptors (Lipinski definition) is 4. The summed E-state index contributed by atoms with van der Waals surface area (Å²) in [6.07, 6.45) is 2.02. The number of likely N-dealkylation sites (N-methyl/N-ethyl adjacent to an activating group) is 1. The minimum absolute atomic E-state index is 0.483. The molecular formula is C16H28N4. The summed E-state index contributed by atoms with van der Waals surface area (Å²) in [7, 11) is 0. The molecule has 0 bridgehead atoms. The van der Waals surface area contributed by atoms with Crippen LogP contribution in [0.5, 0.6) is 0 Å². The highest BCUT2D eigenvalue weighted by molar-refractivity contribution is 5.30. The van der Waals surface area contributed by atoms with Crippen molar-refractivity contribution in [2.45, 2.75) is 53.0 Å². The quantitative estimate of drug-likeness (QED) is 0.864. The molecule has 0 unspecified atom stereocenters. The van der Waals surface area contributed by atoms with E-state index in [0.29, 0.717) is 5.92 Å². The van der Waals surface area contributed by atoms with Crippen LogP contribution in [0.2, 0.25) is 0 Å². The van der Waals surface area contributed by atoms with Gasteiger partial charge in [-0.3, -0.25) is 0 Å². The average molecular weight is 276 g/mol. The molecule has 2 heterocycles. The first kappa shape index (κ1) is 15.4. The molecule has 1 N–H and O–H groups in total. The van der Waals surface area contributed by atoms with Crippen LogP contribution in [0.3, 0.4) is 0 Å². The zero-order valence-electron chi connectivity index (χ0n) is 13.4. The van der Waals surface area contributed by atoms with Crippen molar-refractivity contribution in [3.8, 4) is 0 Å². The van der Waals surface area contributed by atoms with E-state index < -0.39 is 0 Å². The number of aromatic nitrogens is 2.